The van der Waals surface area contributed by atoms with Gasteiger partial charge in [0.2, 0.25) is 0 Å². The van der Waals surface area contributed by atoms with Crippen molar-refractivity contribution in [3.8, 4) is 5.75 Å². The van der Waals surface area contributed by atoms with Crippen LogP contribution in [0.15, 0.2) is 12.1 Å². The largest absolute Gasteiger partial charge is 0.492 e. The molecule has 0 spiro atoms. The van der Waals surface area contributed by atoms with Gasteiger partial charge in [-0.25, -0.2) is 4.39 Å². The van der Waals surface area contributed by atoms with Crippen LogP contribution in [0.5, 0.6) is 5.75 Å². The van der Waals surface area contributed by atoms with Gasteiger partial charge in [0.1, 0.15) is 11.6 Å². The Morgan fingerprint density at radius 2 is 2.00 bits per heavy atom. The Bertz CT molecular complexity index is 424. The maximum atomic E-state index is 14.0. The molecule has 2 nitrogen and oxygen atoms in total. The van der Waals surface area contributed by atoms with Gasteiger partial charge < -0.3 is 10.5 Å². The van der Waals surface area contributed by atoms with Crippen LogP contribution in [0.3, 0.4) is 0 Å². The van der Waals surface area contributed by atoms with Gasteiger partial charge in [-0.3, -0.25) is 0 Å². The highest BCUT2D eigenvalue weighted by Crippen LogP contribution is 2.44. The predicted octanol–water partition coefficient (Wildman–Crippen LogP) is 2.49. The van der Waals surface area contributed by atoms with Crippen LogP contribution in [0.1, 0.15) is 36.8 Å². The van der Waals surface area contributed by atoms with Gasteiger partial charge in [-0.1, -0.05) is 18.9 Å². The van der Waals surface area contributed by atoms with Crippen molar-refractivity contribution in [2.75, 3.05) is 6.61 Å². The molecular weight excluding hydrogens is 205 g/mol. The summed E-state index contributed by atoms with van der Waals surface area (Å²) in [6.07, 6.45) is 4.77. The Labute approximate surface area is 94.6 Å². The molecule has 0 aromatic heterocycles. The van der Waals surface area contributed by atoms with Crippen molar-refractivity contribution >= 4 is 0 Å². The lowest BCUT2D eigenvalue weighted by Crippen LogP contribution is -2.34. The van der Waals surface area contributed by atoms with Gasteiger partial charge in [-0.2, -0.15) is 0 Å². The Balaban J connectivity index is 2.15. The number of fused-ring (bicyclic) bond motifs is 1. The first-order valence-electron chi connectivity index (χ1n) is 5.94. The lowest BCUT2D eigenvalue weighted by Gasteiger charge is -2.26. The number of benzene rings is 1. The number of ether oxygens (including phenoxy) is 1. The Hall–Kier alpha value is -1.09. The molecule has 2 N–H and O–H groups in total. The average Bonchev–Trinajstić information content (AvgIpc) is 2.86. The molecule has 1 saturated carbocycles. The highest BCUT2D eigenvalue weighted by molar-refractivity contribution is 5.48. The first kappa shape index (κ1) is 10.1. The van der Waals surface area contributed by atoms with Gasteiger partial charge in [0, 0.05) is 17.5 Å². The molecule has 86 valence electrons. The SMILES string of the molecule is NC1(c2c(F)ccc3c2OCC3)CCCC1. The Morgan fingerprint density at radius 3 is 2.75 bits per heavy atom. The first-order valence-corrected chi connectivity index (χ1v) is 5.94. The highest BCUT2D eigenvalue weighted by atomic mass is 19.1. The van der Waals surface area contributed by atoms with Crippen LogP contribution in [0, 0.1) is 5.82 Å². The van der Waals surface area contributed by atoms with E-state index in [4.69, 9.17) is 10.5 Å². The predicted molar refractivity (Wildman–Crippen MR) is 59.9 cm³/mol. The number of hydrogen-bond donors (Lipinski definition) is 1. The lowest BCUT2D eigenvalue weighted by atomic mass is 9.87. The third-order valence-electron chi connectivity index (χ3n) is 3.80. The minimum atomic E-state index is -0.500. The summed E-state index contributed by atoms with van der Waals surface area (Å²) in [4.78, 5) is 0. The minimum absolute atomic E-state index is 0.204. The van der Waals surface area contributed by atoms with Crippen LogP contribution in [-0.2, 0) is 12.0 Å². The zero-order valence-electron chi connectivity index (χ0n) is 9.26. The van der Waals surface area contributed by atoms with E-state index < -0.39 is 5.54 Å². The molecule has 0 atom stereocenters. The van der Waals surface area contributed by atoms with Crippen molar-refractivity contribution in [3.05, 3.63) is 29.1 Å². The summed E-state index contributed by atoms with van der Waals surface area (Å²) in [5.74, 6) is 0.523. The van der Waals surface area contributed by atoms with Crippen molar-refractivity contribution in [1.82, 2.24) is 0 Å². The number of nitrogens with two attached hydrogens (primary N) is 1. The fourth-order valence-electron chi connectivity index (χ4n) is 2.95. The van der Waals surface area contributed by atoms with E-state index in [0.717, 1.165) is 43.4 Å². The molecule has 0 unspecified atom stereocenters. The summed E-state index contributed by atoms with van der Waals surface area (Å²) >= 11 is 0. The van der Waals surface area contributed by atoms with Gasteiger partial charge in [0.25, 0.3) is 0 Å². The van der Waals surface area contributed by atoms with Gasteiger partial charge >= 0.3 is 0 Å². The highest BCUT2D eigenvalue weighted by Gasteiger charge is 2.38. The van der Waals surface area contributed by atoms with Crippen LogP contribution in [0.2, 0.25) is 0 Å². The van der Waals surface area contributed by atoms with E-state index in [9.17, 15) is 4.39 Å². The van der Waals surface area contributed by atoms with E-state index in [1.165, 1.54) is 6.07 Å². The van der Waals surface area contributed by atoms with Gasteiger partial charge in [0.15, 0.2) is 0 Å². The standard InChI is InChI=1S/C13H16FNO/c14-10-4-3-9-5-8-16-12(9)11(10)13(15)6-1-2-7-13/h3-4H,1-2,5-8,15H2. The van der Waals surface area contributed by atoms with Crippen molar-refractivity contribution in [2.24, 2.45) is 5.73 Å². The topological polar surface area (TPSA) is 35.2 Å². The monoisotopic (exact) mass is 221 g/mol. The van der Waals surface area contributed by atoms with Crippen LogP contribution in [0.25, 0.3) is 0 Å². The summed E-state index contributed by atoms with van der Waals surface area (Å²) in [6.45, 7) is 0.655. The van der Waals surface area contributed by atoms with Crippen molar-refractivity contribution in [1.29, 1.82) is 0 Å². The van der Waals surface area contributed by atoms with Crippen LogP contribution >= 0.6 is 0 Å². The van der Waals surface area contributed by atoms with Crippen LogP contribution < -0.4 is 10.5 Å². The quantitative estimate of drug-likeness (QED) is 0.790. The van der Waals surface area contributed by atoms with Crippen molar-refractivity contribution < 1.29 is 9.13 Å². The molecule has 3 rings (SSSR count). The summed E-state index contributed by atoms with van der Waals surface area (Å²) in [5, 5.41) is 0. The smallest absolute Gasteiger partial charge is 0.131 e. The Morgan fingerprint density at radius 1 is 1.25 bits per heavy atom. The fourth-order valence-corrected chi connectivity index (χ4v) is 2.95. The molecule has 1 aliphatic heterocycles. The third-order valence-corrected chi connectivity index (χ3v) is 3.80. The molecule has 1 aromatic rings. The lowest BCUT2D eigenvalue weighted by molar-refractivity contribution is 0.332. The zero-order valence-corrected chi connectivity index (χ0v) is 9.26. The maximum absolute atomic E-state index is 14.0. The third kappa shape index (κ3) is 1.34. The van der Waals surface area contributed by atoms with Crippen molar-refractivity contribution in [2.45, 2.75) is 37.6 Å². The van der Waals surface area contributed by atoms with E-state index >= 15 is 0 Å². The van der Waals surface area contributed by atoms with Crippen LogP contribution in [0.4, 0.5) is 4.39 Å². The molecule has 2 aliphatic rings. The average molecular weight is 221 g/mol. The summed E-state index contributed by atoms with van der Waals surface area (Å²) in [7, 11) is 0. The second-order valence-corrected chi connectivity index (χ2v) is 4.87. The van der Waals surface area contributed by atoms with Crippen molar-refractivity contribution in [3.63, 3.8) is 0 Å². The number of rotatable bonds is 1. The first-order chi connectivity index (χ1) is 7.71. The summed E-state index contributed by atoms with van der Waals surface area (Å²) < 4.78 is 19.5. The molecule has 0 saturated heterocycles. The zero-order chi connectivity index (χ0) is 11.2. The second-order valence-electron chi connectivity index (χ2n) is 4.87. The fraction of sp³-hybridized carbons (Fsp3) is 0.538. The molecule has 1 aromatic carbocycles. The molecule has 0 radical (unpaired) electrons. The maximum Gasteiger partial charge on any atom is 0.131 e. The minimum Gasteiger partial charge on any atom is -0.492 e. The van der Waals surface area contributed by atoms with E-state index in [2.05, 4.69) is 0 Å². The molecule has 16 heavy (non-hydrogen) atoms. The molecule has 3 heteroatoms. The molecule has 1 aliphatic carbocycles. The number of halogens is 1. The van der Waals surface area contributed by atoms with Gasteiger partial charge in [-0.15, -0.1) is 0 Å². The van der Waals surface area contributed by atoms with Crippen LogP contribution in [-0.4, -0.2) is 6.61 Å². The molecule has 1 fully saturated rings. The number of hydrogen-bond acceptors (Lipinski definition) is 2. The van der Waals surface area contributed by atoms with E-state index in [1.807, 2.05) is 6.07 Å². The molecule has 0 amide bonds. The van der Waals surface area contributed by atoms with E-state index in [1.54, 1.807) is 0 Å². The van der Waals surface area contributed by atoms with E-state index in [0.29, 0.717) is 12.2 Å². The molecule has 0 bridgehead atoms. The molecular formula is C13H16FNO. The normalized spacial score (nSPS) is 21.9. The Kier molecular flexibility index (Phi) is 2.18. The second kappa shape index (κ2) is 3.45. The summed E-state index contributed by atoms with van der Waals surface area (Å²) in [6, 6.07) is 3.36. The summed E-state index contributed by atoms with van der Waals surface area (Å²) in [5.41, 5.74) is 7.56. The van der Waals surface area contributed by atoms with Gasteiger partial charge in [0.05, 0.1) is 6.61 Å². The van der Waals surface area contributed by atoms with E-state index in [-0.39, 0.29) is 5.82 Å². The van der Waals surface area contributed by atoms with Gasteiger partial charge in [-0.05, 0) is 24.5 Å². The molecule has 1 heterocycles.